The van der Waals surface area contributed by atoms with Crippen LogP contribution in [0.15, 0.2) is 18.2 Å². The van der Waals surface area contributed by atoms with Gasteiger partial charge in [-0.05, 0) is 35.8 Å². The number of thiol groups is 1. The van der Waals surface area contributed by atoms with Crippen molar-refractivity contribution in [3.63, 3.8) is 0 Å². The highest BCUT2D eigenvalue weighted by molar-refractivity contribution is 7.80. The molecule has 0 radical (unpaired) electrons. The molecule has 1 atom stereocenters. The van der Waals surface area contributed by atoms with E-state index < -0.39 is 0 Å². The lowest BCUT2D eigenvalue weighted by molar-refractivity contribution is 0.253. The van der Waals surface area contributed by atoms with Crippen molar-refractivity contribution >= 4 is 12.6 Å². The van der Waals surface area contributed by atoms with E-state index in [1.807, 2.05) is 12.1 Å². The molecule has 1 aromatic carbocycles. The van der Waals surface area contributed by atoms with E-state index in [0.717, 1.165) is 30.3 Å². The average molecular weight is 282 g/mol. The fraction of sp³-hybridized carbons (Fsp3) is 0.625. The summed E-state index contributed by atoms with van der Waals surface area (Å²) in [5.74, 6) is 3.18. The van der Waals surface area contributed by atoms with Crippen LogP contribution in [0.5, 0.6) is 11.5 Å². The number of rotatable bonds is 6. The van der Waals surface area contributed by atoms with Gasteiger partial charge in [-0.15, -0.1) is 0 Å². The first kappa shape index (κ1) is 16.2. The number of hydrogen-bond acceptors (Lipinski definition) is 3. The molecule has 1 unspecified atom stereocenters. The molecule has 0 heterocycles. The molecule has 0 bridgehead atoms. The highest BCUT2D eigenvalue weighted by Crippen LogP contribution is 2.34. The summed E-state index contributed by atoms with van der Waals surface area (Å²) >= 11 is 4.36. The molecule has 108 valence electrons. The van der Waals surface area contributed by atoms with Gasteiger partial charge in [0.2, 0.25) is 0 Å². The Morgan fingerprint density at radius 2 is 1.95 bits per heavy atom. The average Bonchev–Trinajstić information content (AvgIpc) is 2.39. The van der Waals surface area contributed by atoms with E-state index in [4.69, 9.17) is 9.47 Å². The summed E-state index contributed by atoms with van der Waals surface area (Å²) in [6.45, 7) is 9.44. The van der Waals surface area contributed by atoms with Crippen LogP contribution in [0.1, 0.15) is 39.7 Å². The van der Waals surface area contributed by atoms with E-state index in [9.17, 15) is 0 Å². The minimum atomic E-state index is 0.0343. The third-order valence-electron chi connectivity index (χ3n) is 3.30. The maximum Gasteiger partial charge on any atom is 0.123 e. The van der Waals surface area contributed by atoms with Gasteiger partial charge in [0.15, 0.2) is 0 Å². The molecule has 3 heteroatoms. The van der Waals surface area contributed by atoms with Gasteiger partial charge in [-0.25, -0.2) is 0 Å². The van der Waals surface area contributed by atoms with Crippen molar-refractivity contribution in [1.29, 1.82) is 0 Å². The summed E-state index contributed by atoms with van der Waals surface area (Å²) < 4.78 is 11.3. The molecule has 1 rings (SSSR count). The molecule has 0 aromatic heterocycles. The van der Waals surface area contributed by atoms with Gasteiger partial charge in [0.1, 0.15) is 11.5 Å². The van der Waals surface area contributed by atoms with Gasteiger partial charge in [0, 0.05) is 11.5 Å². The summed E-state index contributed by atoms with van der Waals surface area (Å²) in [5.41, 5.74) is 1.22. The maximum atomic E-state index is 6.00. The smallest absolute Gasteiger partial charge is 0.123 e. The van der Waals surface area contributed by atoms with Crippen LogP contribution in [-0.4, -0.2) is 19.5 Å². The fourth-order valence-electron chi connectivity index (χ4n) is 1.86. The van der Waals surface area contributed by atoms with Gasteiger partial charge in [-0.1, -0.05) is 27.7 Å². The van der Waals surface area contributed by atoms with E-state index in [-0.39, 0.29) is 5.41 Å². The van der Waals surface area contributed by atoms with Gasteiger partial charge in [-0.3, -0.25) is 0 Å². The lowest BCUT2D eigenvalue weighted by atomic mass is 9.86. The van der Waals surface area contributed by atoms with Crippen molar-refractivity contribution < 1.29 is 9.47 Å². The standard InChI is InChI=1S/C16H26O2S/c1-6-12(11-19)10-18-15-8-7-13(17-5)9-14(15)16(2,3)4/h7-9,12,19H,6,10-11H2,1-5H3. The normalized spacial score (nSPS) is 13.2. The van der Waals surface area contributed by atoms with Crippen molar-refractivity contribution in [2.45, 2.75) is 39.5 Å². The van der Waals surface area contributed by atoms with Crippen LogP contribution < -0.4 is 9.47 Å². The number of methoxy groups -OCH3 is 1. The van der Waals surface area contributed by atoms with Gasteiger partial charge in [0.25, 0.3) is 0 Å². The lowest BCUT2D eigenvalue weighted by Gasteiger charge is -2.24. The van der Waals surface area contributed by atoms with Crippen molar-refractivity contribution in [1.82, 2.24) is 0 Å². The van der Waals surface area contributed by atoms with E-state index in [1.54, 1.807) is 7.11 Å². The van der Waals surface area contributed by atoms with Crippen molar-refractivity contribution in [3.8, 4) is 11.5 Å². The Morgan fingerprint density at radius 1 is 1.26 bits per heavy atom. The molecule has 0 saturated heterocycles. The van der Waals surface area contributed by atoms with Gasteiger partial charge >= 0.3 is 0 Å². The van der Waals surface area contributed by atoms with Crippen LogP contribution in [0.3, 0.4) is 0 Å². The second-order valence-electron chi connectivity index (χ2n) is 5.88. The summed E-state index contributed by atoms with van der Waals surface area (Å²) in [6, 6.07) is 6.02. The monoisotopic (exact) mass is 282 g/mol. The minimum absolute atomic E-state index is 0.0343. The molecule has 0 aliphatic carbocycles. The first-order valence-corrected chi connectivity index (χ1v) is 7.47. The second-order valence-corrected chi connectivity index (χ2v) is 6.25. The highest BCUT2D eigenvalue weighted by atomic mass is 32.1. The Hall–Kier alpha value is -0.830. The Kier molecular flexibility index (Phi) is 6.05. The van der Waals surface area contributed by atoms with Crippen LogP contribution in [-0.2, 0) is 5.41 Å². The SMILES string of the molecule is CCC(CS)COc1ccc(OC)cc1C(C)(C)C. The predicted octanol–water partition coefficient (Wildman–Crippen LogP) is 4.33. The molecule has 19 heavy (non-hydrogen) atoms. The summed E-state index contributed by atoms with van der Waals surface area (Å²) in [7, 11) is 1.69. The Bertz CT molecular complexity index is 392. The van der Waals surface area contributed by atoms with Crippen LogP contribution in [0.25, 0.3) is 0 Å². The molecular formula is C16H26O2S. The zero-order chi connectivity index (χ0) is 14.5. The quantitative estimate of drug-likeness (QED) is 0.783. The third-order valence-corrected chi connectivity index (χ3v) is 3.82. The van der Waals surface area contributed by atoms with Crippen molar-refractivity contribution in [2.75, 3.05) is 19.5 Å². The van der Waals surface area contributed by atoms with E-state index >= 15 is 0 Å². The molecule has 0 saturated carbocycles. The topological polar surface area (TPSA) is 18.5 Å². The van der Waals surface area contributed by atoms with Crippen LogP contribution in [0, 0.1) is 5.92 Å². The number of benzene rings is 1. The molecule has 1 aromatic rings. The van der Waals surface area contributed by atoms with Crippen molar-refractivity contribution in [3.05, 3.63) is 23.8 Å². The van der Waals surface area contributed by atoms with E-state index in [0.29, 0.717) is 5.92 Å². The zero-order valence-corrected chi connectivity index (χ0v) is 13.6. The van der Waals surface area contributed by atoms with Crippen LogP contribution in [0.2, 0.25) is 0 Å². The number of ether oxygens (including phenoxy) is 2. The minimum Gasteiger partial charge on any atom is -0.497 e. The van der Waals surface area contributed by atoms with Gasteiger partial charge in [0.05, 0.1) is 13.7 Å². The van der Waals surface area contributed by atoms with Gasteiger partial charge < -0.3 is 9.47 Å². The fourth-order valence-corrected chi connectivity index (χ4v) is 2.22. The molecule has 0 N–H and O–H groups in total. The Labute approximate surface area is 122 Å². The van der Waals surface area contributed by atoms with Gasteiger partial charge in [-0.2, -0.15) is 12.6 Å². The second kappa shape index (κ2) is 7.09. The van der Waals surface area contributed by atoms with Crippen molar-refractivity contribution in [2.24, 2.45) is 5.92 Å². The molecule has 0 amide bonds. The van der Waals surface area contributed by atoms with Crippen LogP contribution >= 0.6 is 12.6 Å². The predicted molar refractivity (Wildman–Crippen MR) is 84.8 cm³/mol. The Morgan fingerprint density at radius 3 is 2.42 bits per heavy atom. The Balaban J connectivity index is 2.93. The molecular weight excluding hydrogens is 256 g/mol. The zero-order valence-electron chi connectivity index (χ0n) is 12.7. The third kappa shape index (κ3) is 4.64. The summed E-state index contributed by atoms with van der Waals surface area (Å²) in [4.78, 5) is 0. The molecule has 0 aliphatic rings. The first-order chi connectivity index (χ1) is 8.92. The first-order valence-electron chi connectivity index (χ1n) is 6.84. The highest BCUT2D eigenvalue weighted by Gasteiger charge is 2.20. The molecule has 0 spiro atoms. The van der Waals surface area contributed by atoms with E-state index in [1.165, 1.54) is 5.56 Å². The summed E-state index contributed by atoms with van der Waals surface area (Å²) in [6.07, 6.45) is 1.09. The molecule has 2 nitrogen and oxygen atoms in total. The van der Waals surface area contributed by atoms with E-state index in [2.05, 4.69) is 46.4 Å². The number of hydrogen-bond donors (Lipinski definition) is 1. The molecule has 0 fully saturated rings. The summed E-state index contributed by atoms with van der Waals surface area (Å²) in [5, 5.41) is 0. The lowest BCUT2D eigenvalue weighted by Crippen LogP contribution is -2.17. The molecule has 0 aliphatic heterocycles. The maximum absolute atomic E-state index is 6.00. The largest absolute Gasteiger partial charge is 0.497 e. The van der Waals surface area contributed by atoms with Crippen LogP contribution in [0.4, 0.5) is 0 Å².